The highest BCUT2D eigenvalue weighted by atomic mass is 19.3. The number of aromatic nitrogens is 1. The Hall–Kier alpha value is -3.68. The molecule has 0 saturated carbocycles. The number of alkyl halides is 2. The number of hydrogen-bond donors (Lipinski definition) is 1. The molecule has 0 radical (unpaired) electrons. The number of nitrogens with zero attached hydrogens (tertiary/aromatic N) is 1. The Balaban J connectivity index is 1.53. The van der Waals surface area contributed by atoms with Crippen LogP contribution in [0.2, 0.25) is 0 Å². The van der Waals surface area contributed by atoms with E-state index in [4.69, 9.17) is 0 Å². The number of nitrogens with one attached hydrogen (secondary N) is 1. The SMILES string of the molecule is C[C@@H](NC(=O)c1cccn(Cc2ccc3c(c2)OC(F)(F)O3)c1=O)c1ccccc1. The molecule has 3 aromatic rings. The summed E-state index contributed by atoms with van der Waals surface area (Å²) >= 11 is 0. The van der Waals surface area contributed by atoms with Crippen LogP contribution in [0.3, 0.4) is 0 Å². The first-order chi connectivity index (χ1) is 14.3. The molecule has 1 aliphatic heterocycles. The van der Waals surface area contributed by atoms with Crippen molar-refractivity contribution in [2.75, 3.05) is 0 Å². The highest BCUT2D eigenvalue weighted by molar-refractivity contribution is 5.94. The number of ether oxygens (including phenoxy) is 2. The third-order valence-electron chi connectivity index (χ3n) is 4.73. The Morgan fingerprint density at radius 3 is 2.57 bits per heavy atom. The second kappa shape index (κ2) is 7.62. The van der Waals surface area contributed by atoms with Gasteiger partial charge in [-0.2, -0.15) is 0 Å². The van der Waals surface area contributed by atoms with Gasteiger partial charge in [-0.05, 0) is 42.3 Å². The zero-order chi connectivity index (χ0) is 21.3. The molecule has 8 heteroatoms. The molecule has 0 saturated heterocycles. The second-order valence-electron chi connectivity index (χ2n) is 6.91. The van der Waals surface area contributed by atoms with Gasteiger partial charge in [0.25, 0.3) is 11.5 Å². The van der Waals surface area contributed by atoms with E-state index in [0.717, 1.165) is 5.56 Å². The van der Waals surface area contributed by atoms with Crippen LogP contribution < -0.4 is 20.3 Å². The average Bonchev–Trinajstić information content (AvgIpc) is 3.03. The summed E-state index contributed by atoms with van der Waals surface area (Å²) in [5.41, 5.74) is 0.970. The van der Waals surface area contributed by atoms with E-state index in [-0.39, 0.29) is 29.6 Å². The number of halogens is 2. The maximum atomic E-state index is 13.2. The predicted molar refractivity (Wildman–Crippen MR) is 105 cm³/mol. The summed E-state index contributed by atoms with van der Waals surface area (Å²) < 4.78 is 36.5. The van der Waals surface area contributed by atoms with E-state index in [1.807, 2.05) is 37.3 Å². The lowest BCUT2D eigenvalue weighted by atomic mass is 10.1. The molecule has 154 valence electrons. The van der Waals surface area contributed by atoms with Gasteiger partial charge in [-0.1, -0.05) is 36.4 Å². The molecule has 30 heavy (non-hydrogen) atoms. The fourth-order valence-corrected chi connectivity index (χ4v) is 3.22. The van der Waals surface area contributed by atoms with Crippen LogP contribution in [-0.4, -0.2) is 16.8 Å². The number of hydrogen-bond acceptors (Lipinski definition) is 4. The van der Waals surface area contributed by atoms with E-state index in [1.165, 1.54) is 29.0 Å². The first kappa shape index (κ1) is 19.6. The normalized spacial score (nSPS) is 14.9. The summed E-state index contributed by atoms with van der Waals surface area (Å²) in [7, 11) is 0. The molecule has 0 bridgehead atoms. The standard InChI is InChI=1S/C22H18F2N2O4/c1-14(16-6-3-2-4-7-16)25-20(27)17-8-5-11-26(21(17)28)13-15-9-10-18-19(12-15)30-22(23,24)29-18/h2-12,14H,13H2,1H3,(H,25,27)/t14-/m1/s1. The zero-order valence-corrected chi connectivity index (χ0v) is 16.0. The molecule has 1 atom stereocenters. The van der Waals surface area contributed by atoms with Gasteiger partial charge in [0.15, 0.2) is 11.5 Å². The minimum absolute atomic E-state index is 0.00689. The van der Waals surface area contributed by atoms with E-state index in [0.29, 0.717) is 5.56 Å². The summed E-state index contributed by atoms with van der Waals surface area (Å²) in [6.07, 6.45) is -2.18. The van der Waals surface area contributed by atoms with Gasteiger partial charge in [0, 0.05) is 6.20 Å². The number of carbonyl (C=O) groups excluding carboxylic acids is 1. The zero-order valence-electron chi connectivity index (χ0n) is 16.0. The minimum Gasteiger partial charge on any atom is -0.395 e. The Morgan fingerprint density at radius 1 is 1.07 bits per heavy atom. The van der Waals surface area contributed by atoms with Crippen molar-refractivity contribution in [3.63, 3.8) is 0 Å². The fraction of sp³-hybridized carbons (Fsp3) is 0.182. The van der Waals surface area contributed by atoms with Crippen LogP contribution in [0, 0.1) is 0 Å². The minimum atomic E-state index is -3.70. The van der Waals surface area contributed by atoms with E-state index in [2.05, 4.69) is 14.8 Å². The summed E-state index contributed by atoms with van der Waals surface area (Å²) in [5.74, 6) is -0.661. The quantitative estimate of drug-likeness (QED) is 0.694. The topological polar surface area (TPSA) is 69.6 Å². The molecule has 4 rings (SSSR count). The largest absolute Gasteiger partial charge is 0.586 e. The van der Waals surface area contributed by atoms with Gasteiger partial charge in [0.05, 0.1) is 12.6 Å². The predicted octanol–water partition coefficient (Wildman–Crippen LogP) is 3.71. The smallest absolute Gasteiger partial charge is 0.395 e. The lowest BCUT2D eigenvalue weighted by Gasteiger charge is -2.15. The summed E-state index contributed by atoms with van der Waals surface area (Å²) in [6, 6.07) is 16.4. The van der Waals surface area contributed by atoms with E-state index in [1.54, 1.807) is 12.1 Å². The van der Waals surface area contributed by atoms with Crippen LogP contribution in [0.15, 0.2) is 71.7 Å². The Labute approximate surface area is 170 Å². The molecular weight excluding hydrogens is 394 g/mol. The summed E-state index contributed by atoms with van der Waals surface area (Å²) in [5, 5.41) is 2.82. The Morgan fingerprint density at radius 2 is 1.80 bits per heavy atom. The van der Waals surface area contributed by atoms with Gasteiger partial charge in [-0.3, -0.25) is 9.59 Å². The van der Waals surface area contributed by atoms with Gasteiger partial charge in [0.1, 0.15) is 5.56 Å². The average molecular weight is 412 g/mol. The molecule has 0 aliphatic carbocycles. The number of benzene rings is 2. The highest BCUT2D eigenvalue weighted by Crippen LogP contribution is 2.41. The van der Waals surface area contributed by atoms with Crippen molar-refractivity contribution < 1.29 is 23.0 Å². The molecule has 1 amide bonds. The molecule has 6 nitrogen and oxygen atoms in total. The van der Waals surface area contributed by atoms with Crippen molar-refractivity contribution in [3.05, 3.63) is 93.9 Å². The molecule has 0 fully saturated rings. The monoisotopic (exact) mass is 412 g/mol. The molecule has 1 N–H and O–H groups in total. The van der Waals surface area contributed by atoms with Crippen LogP contribution in [0.1, 0.15) is 34.5 Å². The van der Waals surface area contributed by atoms with Gasteiger partial charge in [-0.25, -0.2) is 0 Å². The van der Waals surface area contributed by atoms with Crippen molar-refractivity contribution in [3.8, 4) is 11.5 Å². The first-order valence-electron chi connectivity index (χ1n) is 9.26. The van der Waals surface area contributed by atoms with Gasteiger partial charge in [0.2, 0.25) is 0 Å². The van der Waals surface area contributed by atoms with Crippen molar-refractivity contribution in [1.82, 2.24) is 9.88 Å². The summed E-state index contributed by atoms with van der Waals surface area (Å²) in [4.78, 5) is 25.4. The number of amides is 1. The molecule has 0 unspecified atom stereocenters. The van der Waals surface area contributed by atoms with Crippen LogP contribution in [0.5, 0.6) is 11.5 Å². The number of rotatable bonds is 5. The molecule has 0 spiro atoms. The van der Waals surface area contributed by atoms with Gasteiger partial charge >= 0.3 is 6.29 Å². The maximum absolute atomic E-state index is 13.2. The lowest BCUT2D eigenvalue weighted by molar-refractivity contribution is -0.286. The summed E-state index contributed by atoms with van der Waals surface area (Å²) in [6.45, 7) is 1.91. The second-order valence-corrected chi connectivity index (χ2v) is 6.91. The fourth-order valence-electron chi connectivity index (χ4n) is 3.22. The van der Waals surface area contributed by atoms with E-state index < -0.39 is 17.8 Å². The molecule has 2 aromatic carbocycles. The van der Waals surface area contributed by atoms with Crippen molar-refractivity contribution in [2.45, 2.75) is 25.8 Å². The molecule has 1 aliphatic rings. The van der Waals surface area contributed by atoms with E-state index in [9.17, 15) is 18.4 Å². The van der Waals surface area contributed by atoms with Crippen LogP contribution in [-0.2, 0) is 6.54 Å². The van der Waals surface area contributed by atoms with Crippen LogP contribution >= 0.6 is 0 Å². The Kier molecular flexibility index (Phi) is 4.99. The lowest BCUT2D eigenvalue weighted by Crippen LogP contribution is -2.34. The number of pyridine rings is 1. The van der Waals surface area contributed by atoms with Crippen molar-refractivity contribution >= 4 is 5.91 Å². The molecule has 2 heterocycles. The maximum Gasteiger partial charge on any atom is 0.586 e. The van der Waals surface area contributed by atoms with Crippen molar-refractivity contribution in [2.24, 2.45) is 0 Å². The first-order valence-corrected chi connectivity index (χ1v) is 9.26. The molecule has 1 aromatic heterocycles. The third-order valence-corrected chi connectivity index (χ3v) is 4.73. The van der Waals surface area contributed by atoms with Gasteiger partial charge in [-0.15, -0.1) is 8.78 Å². The highest BCUT2D eigenvalue weighted by Gasteiger charge is 2.43. The van der Waals surface area contributed by atoms with Gasteiger partial charge < -0.3 is 19.4 Å². The van der Waals surface area contributed by atoms with Crippen LogP contribution in [0.25, 0.3) is 0 Å². The van der Waals surface area contributed by atoms with Crippen LogP contribution in [0.4, 0.5) is 8.78 Å². The van der Waals surface area contributed by atoms with E-state index >= 15 is 0 Å². The number of fused-ring (bicyclic) bond motifs is 1. The molecular formula is C22H18F2N2O4. The number of carbonyl (C=O) groups is 1. The third kappa shape index (κ3) is 4.03. The van der Waals surface area contributed by atoms with Crippen molar-refractivity contribution in [1.29, 1.82) is 0 Å². The Bertz CT molecular complexity index is 1150.